The number of halogens is 2. The largest absolute Gasteiger partial charge is 0.0843 e. The predicted octanol–water partition coefficient (Wildman–Crippen LogP) is 4.75. The van der Waals surface area contributed by atoms with Gasteiger partial charge in [-0.3, -0.25) is 0 Å². The van der Waals surface area contributed by atoms with Gasteiger partial charge in [0.1, 0.15) is 0 Å². The van der Waals surface area contributed by atoms with Gasteiger partial charge in [-0.1, -0.05) is 83.9 Å². The van der Waals surface area contributed by atoms with E-state index in [9.17, 15) is 0 Å². The number of hydrogen-bond acceptors (Lipinski definition) is 0. The molecule has 0 saturated heterocycles. The minimum atomic E-state index is -0.647. The molecule has 0 atom stereocenters. The first-order valence-electron chi connectivity index (χ1n) is 6.60. The molecule has 0 radical (unpaired) electrons. The van der Waals surface area contributed by atoms with Gasteiger partial charge in [0.25, 0.3) is 0 Å². The Morgan fingerprint density at radius 2 is 0.952 bits per heavy atom. The molecule has 3 rings (SSSR count). The van der Waals surface area contributed by atoms with Crippen LogP contribution in [-0.4, -0.2) is 0 Å². The van der Waals surface area contributed by atoms with Gasteiger partial charge in [0.15, 0.2) is 0 Å². The summed E-state index contributed by atoms with van der Waals surface area (Å²) < 4.78 is 0. The average Bonchev–Trinajstić information content (AvgIpc) is 2.49. The van der Waals surface area contributed by atoms with Gasteiger partial charge in [0, 0.05) is 10.0 Å². The van der Waals surface area contributed by atoms with Gasteiger partial charge in [-0.25, -0.2) is 0 Å². The topological polar surface area (TPSA) is 0 Å². The SMILES string of the molecule is Clc1cc(Cl)cc(P(c2ccccc2)c2ccccc2)c1. The van der Waals surface area contributed by atoms with E-state index in [0.29, 0.717) is 10.0 Å². The lowest BCUT2D eigenvalue weighted by atomic mass is 10.3. The van der Waals surface area contributed by atoms with Crippen LogP contribution < -0.4 is 15.9 Å². The van der Waals surface area contributed by atoms with Crippen LogP contribution in [0.15, 0.2) is 78.9 Å². The highest BCUT2D eigenvalue weighted by atomic mass is 35.5. The van der Waals surface area contributed by atoms with Crippen molar-refractivity contribution in [1.82, 2.24) is 0 Å². The van der Waals surface area contributed by atoms with Gasteiger partial charge in [0.05, 0.1) is 0 Å². The molecule has 3 aromatic rings. The third-order valence-corrected chi connectivity index (χ3v) is 5.97. The monoisotopic (exact) mass is 330 g/mol. The maximum atomic E-state index is 6.20. The molecule has 0 aliphatic heterocycles. The molecule has 104 valence electrons. The summed E-state index contributed by atoms with van der Waals surface area (Å²) >= 11 is 12.4. The Morgan fingerprint density at radius 1 is 0.524 bits per heavy atom. The van der Waals surface area contributed by atoms with Crippen LogP contribution in [-0.2, 0) is 0 Å². The van der Waals surface area contributed by atoms with E-state index in [1.165, 1.54) is 15.9 Å². The average molecular weight is 331 g/mol. The summed E-state index contributed by atoms with van der Waals surface area (Å²) in [6, 6.07) is 26.8. The first kappa shape index (κ1) is 14.6. The Hall–Kier alpha value is -1.33. The van der Waals surface area contributed by atoms with Crippen LogP contribution in [0.4, 0.5) is 0 Å². The fourth-order valence-corrected chi connectivity index (χ4v) is 5.32. The van der Waals surface area contributed by atoms with E-state index >= 15 is 0 Å². The second kappa shape index (κ2) is 6.62. The highest BCUT2D eigenvalue weighted by Gasteiger charge is 2.16. The predicted molar refractivity (Wildman–Crippen MR) is 95.2 cm³/mol. The third kappa shape index (κ3) is 3.47. The van der Waals surface area contributed by atoms with Crippen molar-refractivity contribution in [2.75, 3.05) is 0 Å². The van der Waals surface area contributed by atoms with Crippen LogP contribution in [0, 0.1) is 0 Å². The lowest BCUT2D eigenvalue weighted by molar-refractivity contribution is 1.73. The molecule has 0 bridgehead atoms. The van der Waals surface area contributed by atoms with Crippen LogP contribution in [0.1, 0.15) is 0 Å². The van der Waals surface area contributed by atoms with Crippen molar-refractivity contribution in [2.45, 2.75) is 0 Å². The van der Waals surface area contributed by atoms with Crippen molar-refractivity contribution >= 4 is 47.0 Å². The van der Waals surface area contributed by atoms with E-state index in [1.54, 1.807) is 6.07 Å². The summed E-state index contributed by atoms with van der Waals surface area (Å²) in [6.07, 6.45) is 0. The molecule has 0 N–H and O–H groups in total. The van der Waals surface area contributed by atoms with Crippen LogP contribution >= 0.6 is 31.1 Å². The molecule has 0 aliphatic carbocycles. The zero-order valence-electron chi connectivity index (χ0n) is 11.2. The van der Waals surface area contributed by atoms with Crippen molar-refractivity contribution in [3.05, 3.63) is 88.9 Å². The smallest absolute Gasteiger partial charge is 0.0427 e. The summed E-state index contributed by atoms with van der Waals surface area (Å²) in [5.74, 6) is 0. The quantitative estimate of drug-likeness (QED) is 0.608. The van der Waals surface area contributed by atoms with Crippen LogP contribution in [0.5, 0.6) is 0 Å². The molecular formula is C18H13Cl2P. The normalized spacial score (nSPS) is 10.8. The van der Waals surface area contributed by atoms with Crippen molar-refractivity contribution < 1.29 is 0 Å². The maximum absolute atomic E-state index is 6.20. The lowest BCUT2D eigenvalue weighted by Crippen LogP contribution is -2.20. The van der Waals surface area contributed by atoms with E-state index in [2.05, 4.69) is 48.5 Å². The lowest BCUT2D eigenvalue weighted by Gasteiger charge is -2.19. The Kier molecular flexibility index (Phi) is 4.60. The van der Waals surface area contributed by atoms with E-state index in [1.807, 2.05) is 24.3 Å². The third-order valence-electron chi connectivity index (χ3n) is 3.13. The van der Waals surface area contributed by atoms with Gasteiger partial charge < -0.3 is 0 Å². The first-order chi connectivity index (χ1) is 10.2. The molecule has 0 amide bonds. The van der Waals surface area contributed by atoms with Crippen molar-refractivity contribution in [2.24, 2.45) is 0 Å². The highest BCUT2D eigenvalue weighted by molar-refractivity contribution is 7.79. The van der Waals surface area contributed by atoms with Gasteiger partial charge in [0.2, 0.25) is 0 Å². The molecule has 3 heteroatoms. The van der Waals surface area contributed by atoms with Crippen LogP contribution in [0.2, 0.25) is 10.0 Å². The zero-order chi connectivity index (χ0) is 14.7. The van der Waals surface area contributed by atoms with Gasteiger partial charge >= 0.3 is 0 Å². The Morgan fingerprint density at radius 3 is 1.38 bits per heavy atom. The van der Waals surface area contributed by atoms with E-state index in [4.69, 9.17) is 23.2 Å². The van der Waals surface area contributed by atoms with Crippen molar-refractivity contribution in [3.63, 3.8) is 0 Å². The van der Waals surface area contributed by atoms with Gasteiger partial charge in [-0.2, -0.15) is 0 Å². The molecule has 21 heavy (non-hydrogen) atoms. The molecule has 0 saturated carbocycles. The van der Waals surface area contributed by atoms with Crippen LogP contribution in [0.3, 0.4) is 0 Å². The Balaban J connectivity index is 2.17. The first-order valence-corrected chi connectivity index (χ1v) is 8.70. The number of hydrogen-bond donors (Lipinski definition) is 0. The molecule has 3 aromatic carbocycles. The summed E-state index contributed by atoms with van der Waals surface area (Å²) in [5.41, 5.74) is 0. The molecular weight excluding hydrogens is 318 g/mol. The molecule has 0 nitrogen and oxygen atoms in total. The molecule has 0 fully saturated rings. The molecule has 0 aliphatic rings. The fourth-order valence-electron chi connectivity index (χ4n) is 2.27. The fraction of sp³-hybridized carbons (Fsp3) is 0. The highest BCUT2D eigenvalue weighted by Crippen LogP contribution is 2.34. The second-order valence-corrected chi connectivity index (χ2v) is 7.73. The zero-order valence-corrected chi connectivity index (χ0v) is 13.6. The summed E-state index contributed by atoms with van der Waals surface area (Å²) in [6.45, 7) is 0. The summed E-state index contributed by atoms with van der Waals surface area (Å²) in [5, 5.41) is 5.10. The van der Waals surface area contributed by atoms with E-state index in [-0.39, 0.29) is 0 Å². The summed E-state index contributed by atoms with van der Waals surface area (Å²) in [4.78, 5) is 0. The molecule has 0 aromatic heterocycles. The molecule has 0 unspecified atom stereocenters. The van der Waals surface area contributed by atoms with Crippen molar-refractivity contribution in [3.8, 4) is 0 Å². The van der Waals surface area contributed by atoms with E-state index < -0.39 is 7.92 Å². The summed E-state index contributed by atoms with van der Waals surface area (Å²) in [7, 11) is -0.647. The number of rotatable bonds is 3. The molecule has 0 heterocycles. The maximum Gasteiger partial charge on any atom is 0.0427 e. The van der Waals surface area contributed by atoms with Crippen molar-refractivity contribution in [1.29, 1.82) is 0 Å². The Bertz CT molecular complexity index is 667. The standard InChI is InChI=1S/C18H13Cl2P/c19-14-11-15(20)13-18(12-14)21(16-7-3-1-4-8-16)17-9-5-2-6-10-17/h1-13H. The minimum Gasteiger partial charge on any atom is -0.0843 e. The van der Waals surface area contributed by atoms with E-state index in [0.717, 1.165) is 0 Å². The minimum absolute atomic E-state index is 0.647. The molecule has 0 spiro atoms. The van der Waals surface area contributed by atoms with Crippen LogP contribution in [0.25, 0.3) is 0 Å². The number of benzene rings is 3. The second-order valence-electron chi connectivity index (χ2n) is 4.63. The van der Waals surface area contributed by atoms with Gasteiger partial charge in [-0.05, 0) is 42.0 Å². The van der Waals surface area contributed by atoms with Gasteiger partial charge in [-0.15, -0.1) is 0 Å². The Labute approximate surface area is 136 Å².